The van der Waals surface area contributed by atoms with E-state index in [2.05, 4.69) is 19.1 Å². The van der Waals surface area contributed by atoms with E-state index >= 15 is 0 Å². The Kier molecular flexibility index (Phi) is 25.6. The number of carbonyl (C=O) groups excluding carboxylic acids is 1. The first-order valence-corrected chi connectivity index (χ1v) is 11.4. The number of aromatic carboxylic acids is 1. The number of aromatic hydroxyl groups is 1. The largest absolute Gasteiger partial charge is 1.00 e. The van der Waals surface area contributed by atoms with E-state index in [9.17, 15) is 9.90 Å². The van der Waals surface area contributed by atoms with Crippen LogP contribution in [0.3, 0.4) is 0 Å². The second kappa shape index (κ2) is 24.5. The standard InChI is InChI=1S/C18H36O.C7H6O3.Na/c1-2-3-4-5-6-7-8-9-10-11-12-13-14-15-16-17-18-19;8-6-4-2-1-3-5(6)7(9)10;/h9-10,19H,2-8,11-18H2,1H3;1-4,8H,(H,9,10);/q;;+1/p-1. The maximum absolute atomic E-state index is 10.2. The van der Waals surface area contributed by atoms with E-state index in [0.717, 1.165) is 6.42 Å². The molecule has 0 aliphatic heterocycles. The molecule has 2 N–H and O–H groups in total. The van der Waals surface area contributed by atoms with Crippen molar-refractivity contribution in [1.29, 1.82) is 0 Å². The Morgan fingerprint density at radius 3 is 1.73 bits per heavy atom. The number of aliphatic hydroxyl groups excluding tert-OH is 1. The van der Waals surface area contributed by atoms with Crippen LogP contribution >= 0.6 is 0 Å². The quantitative estimate of drug-likeness (QED) is 0.241. The third-order valence-electron chi connectivity index (χ3n) is 4.79. The number of allylic oxidation sites excluding steroid dienone is 2. The average Bonchev–Trinajstić information content (AvgIpc) is 2.71. The number of carbonyl (C=O) groups is 1. The fourth-order valence-electron chi connectivity index (χ4n) is 3.01. The van der Waals surface area contributed by atoms with E-state index in [1.165, 1.54) is 102 Å². The van der Waals surface area contributed by atoms with Gasteiger partial charge in [-0.1, -0.05) is 89.0 Å². The van der Waals surface area contributed by atoms with E-state index in [1.54, 1.807) is 6.07 Å². The zero-order valence-corrected chi connectivity index (χ0v) is 21.3. The van der Waals surface area contributed by atoms with Crippen LogP contribution in [-0.4, -0.2) is 22.8 Å². The molecule has 4 nitrogen and oxygen atoms in total. The molecule has 166 valence electrons. The van der Waals surface area contributed by atoms with Gasteiger partial charge in [0.05, 0.1) is 5.97 Å². The third-order valence-corrected chi connectivity index (χ3v) is 4.79. The van der Waals surface area contributed by atoms with Gasteiger partial charge < -0.3 is 20.1 Å². The van der Waals surface area contributed by atoms with Crippen LogP contribution in [0.5, 0.6) is 5.75 Å². The molecule has 30 heavy (non-hydrogen) atoms. The Balaban J connectivity index is 0. The molecule has 1 rings (SSSR count). The van der Waals surface area contributed by atoms with Gasteiger partial charge in [-0.3, -0.25) is 0 Å². The minimum atomic E-state index is -1.36. The molecule has 1 aromatic carbocycles. The second-order valence-corrected chi connectivity index (χ2v) is 7.47. The average molecular weight is 429 g/mol. The maximum atomic E-state index is 10.2. The van der Waals surface area contributed by atoms with Crippen LogP contribution in [0.2, 0.25) is 0 Å². The SMILES string of the molecule is CCCCCCCCC=CCCCCCCCCO.O=C([O-])c1ccccc1O.[Na+]. The topological polar surface area (TPSA) is 80.6 Å². The molecule has 0 heterocycles. The summed E-state index contributed by atoms with van der Waals surface area (Å²) in [7, 11) is 0. The molecule has 1 aromatic rings. The number of hydrogen-bond donors (Lipinski definition) is 2. The van der Waals surface area contributed by atoms with Crippen LogP contribution < -0.4 is 34.7 Å². The van der Waals surface area contributed by atoms with Gasteiger partial charge in [-0.05, 0) is 44.2 Å². The molecule has 0 fully saturated rings. The van der Waals surface area contributed by atoms with Gasteiger partial charge in [0, 0.05) is 12.2 Å². The Hall–Kier alpha value is -0.810. The zero-order valence-electron chi connectivity index (χ0n) is 19.3. The molecule has 0 spiro atoms. The first kappa shape index (κ1) is 31.4. The number of para-hydroxylation sites is 1. The van der Waals surface area contributed by atoms with Gasteiger partial charge in [0.1, 0.15) is 5.75 Å². The zero-order chi connectivity index (χ0) is 21.6. The summed E-state index contributed by atoms with van der Waals surface area (Å²) in [5, 5.41) is 27.7. The molecule has 0 saturated carbocycles. The Labute approximate surface area is 206 Å². The normalized spacial score (nSPS) is 10.3. The van der Waals surface area contributed by atoms with Crippen molar-refractivity contribution in [2.45, 2.75) is 96.8 Å². The van der Waals surface area contributed by atoms with E-state index in [-0.39, 0.29) is 40.9 Å². The summed E-state index contributed by atoms with van der Waals surface area (Å²) in [6.07, 6.45) is 23.2. The Morgan fingerprint density at radius 1 is 0.833 bits per heavy atom. The predicted octanol–water partition coefficient (Wildman–Crippen LogP) is 2.78. The van der Waals surface area contributed by atoms with Crippen LogP contribution in [0, 0.1) is 0 Å². The van der Waals surface area contributed by atoms with Gasteiger partial charge in [-0.25, -0.2) is 0 Å². The molecule has 0 radical (unpaired) electrons. The smallest absolute Gasteiger partial charge is 0.545 e. The van der Waals surface area contributed by atoms with Crippen molar-refractivity contribution in [2.75, 3.05) is 6.61 Å². The minimum absolute atomic E-state index is 0. The molecule has 0 aliphatic rings. The first-order chi connectivity index (χ1) is 14.1. The van der Waals surface area contributed by atoms with Crippen molar-refractivity contribution < 1.29 is 49.7 Å². The predicted molar refractivity (Wildman–Crippen MR) is 119 cm³/mol. The molecule has 0 unspecified atom stereocenters. The number of unbranched alkanes of at least 4 members (excludes halogenated alkanes) is 12. The molecule has 0 atom stereocenters. The number of phenols is 1. The number of carboxylic acids is 1. The van der Waals surface area contributed by atoms with E-state index in [4.69, 9.17) is 10.2 Å². The van der Waals surface area contributed by atoms with Crippen molar-refractivity contribution in [3.05, 3.63) is 42.0 Å². The summed E-state index contributed by atoms with van der Waals surface area (Å²) in [5.74, 6) is -1.62. The monoisotopic (exact) mass is 428 g/mol. The van der Waals surface area contributed by atoms with Gasteiger partial charge in [0.15, 0.2) is 0 Å². The first-order valence-electron chi connectivity index (χ1n) is 11.4. The fourth-order valence-corrected chi connectivity index (χ4v) is 3.01. The second-order valence-electron chi connectivity index (χ2n) is 7.47. The molecule has 5 heteroatoms. The van der Waals surface area contributed by atoms with Crippen LogP contribution in [0.1, 0.15) is 107 Å². The summed E-state index contributed by atoms with van der Waals surface area (Å²) in [5.41, 5.74) is -0.178. The summed E-state index contributed by atoms with van der Waals surface area (Å²) in [4.78, 5) is 10.2. The van der Waals surface area contributed by atoms with Crippen molar-refractivity contribution >= 4 is 5.97 Å². The summed E-state index contributed by atoms with van der Waals surface area (Å²) >= 11 is 0. The van der Waals surface area contributed by atoms with Gasteiger partial charge in [-0.15, -0.1) is 0 Å². The molecule has 0 aliphatic carbocycles. The number of carboxylic acid groups (broad SMARTS) is 1. The molecule has 0 amide bonds. The van der Waals surface area contributed by atoms with Crippen molar-refractivity contribution in [3.63, 3.8) is 0 Å². The molecule has 0 aromatic heterocycles. The van der Waals surface area contributed by atoms with Crippen molar-refractivity contribution in [1.82, 2.24) is 0 Å². The fraction of sp³-hybridized carbons (Fsp3) is 0.640. The van der Waals surface area contributed by atoms with Crippen LogP contribution in [0.25, 0.3) is 0 Å². The Bertz CT molecular complexity index is 532. The molecular formula is C25H41NaO4. The molecule has 0 bridgehead atoms. The number of aliphatic hydroxyl groups is 1. The van der Waals surface area contributed by atoms with Crippen molar-refractivity contribution in [2.24, 2.45) is 0 Å². The summed E-state index contributed by atoms with van der Waals surface area (Å²) < 4.78 is 0. The maximum Gasteiger partial charge on any atom is 1.00 e. The van der Waals surface area contributed by atoms with Gasteiger partial charge in [0.2, 0.25) is 0 Å². The van der Waals surface area contributed by atoms with E-state index in [0.29, 0.717) is 6.61 Å². The van der Waals surface area contributed by atoms with Gasteiger partial charge in [-0.2, -0.15) is 0 Å². The Morgan fingerprint density at radius 2 is 1.30 bits per heavy atom. The minimum Gasteiger partial charge on any atom is -0.545 e. The van der Waals surface area contributed by atoms with E-state index in [1.807, 2.05) is 0 Å². The van der Waals surface area contributed by atoms with Crippen LogP contribution in [-0.2, 0) is 0 Å². The van der Waals surface area contributed by atoms with E-state index < -0.39 is 5.97 Å². The summed E-state index contributed by atoms with van der Waals surface area (Å²) in [6.45, 7) is 2.64. The van der Waals surface area contributed by atoms with Gasteiger partial charge >= 0.3 is 29.6 Å². The molecular weight excluding hydrogens is 387 g/mol. The van der Waals surface area contributed by atoms with Crippen molar-refractivity contribution in [3.8, 4) is 5.75 Å². The number of benzene rings is 1. The summed E-state index contributed by atoms with van der Waals surface area (Å²) in [6, 6.07) is 5.64. The van der Waals surface area contributed by atoms with Crippen LogP contribution in [0.15, 0.2) is 36.4 Å². The third kappa shape index (κ3) is 20.5. The number of rotatable bonds is 16. The van der Waals surface area contributed by atoms with Gasteiger partial charge in [0.25, 0.3) is 0 Å². The molecule has 0 saturated heterocycles. The number of hydrogen-bond acceptors (Lipinski definition) is 4. The van der Waals surface area contributed by atoms with Crippen LogP contribution in [0.4, 0.5) is 0 Å².